The van der Waals surface area contributed by atoms with E-state index in [2.05, 4.69) is 0 Å². The molecule has 1 rings (SSSR count). The molecule has 0 bridgehead atoms. The minimum Gasteiger partial charge on any atom is -0.504 e. The van der Waals surface area contributed by atoms with Gasteiger partial charge < -0.3 is 19.7 Å². The Morgan fingerprint density at radius 1 is 1.31 bits per heavy atom. The van der Waals surface area contributed by atoms with Crippen molar-refractivity contribution in [1.29, 1.82) is 0 Å². The van der Waals surface area contributed by atoms with E-state index in [4.69, 9.17) is 14.6 Å². The molecule has 1 unspecified atom stereocenters. The Morgan fingerprint density at radius 3 is 2.38 bits per heavy atom. The van der Waals surface area contributed by atoms with E-state index in [9.17, 15) is 9.90 Å². The van der Waals surface area contributed by atoms with Crippen molar-refractivity contribution in [2.75, 3.05) is 14.2 Å². The molecule has 5 nitrogen and oxygen atoms in total. The van der Waals surface area contributed by atoms with Crippen LogP contribution in [0.2, 0.25) is 0 Å². The number of benzene rings is 1. The molecule has 1 aromatic carbocycles. The van der Waals surface area contributed by atoms with Crippen molar-refractivity contribution in [2.24, 2.45) is 0 Å². The summed E-state index contributed by atoms with van der Waals surface area (Å²) in [6.07, 6.45) is 0. The van der Waals surface area contributed by atoms with Gasteiger partial charge in [0.2, 0.25) is 5.75 Å². The van der Waals surface area contributed by atoms with Gasteiger partial charge in [-0.1, -0.05) is 0 Å². The van der Waals surface area contributed by atoms with Gasteiger partial charge in [-0.25, -0.2) is 0 Å². The highest BCUT2D eigenvalue weighted by Gasteiger charge is 2.19. The van der Waals surface area contributed by atoms with E-state index in [1.807, 2.05) is 0 Å². The standard InChI is InChI=1S/C11H14O5/c1-6(11(13)14)7-4-8(12)10(16-3)9(5-7)15-2/h4-6,12H,1-3H3,(H,13,14). The second-order valence-electron chi connectivity index (χ2n) is 3.34. The molecule has 0 aliphatic heterocycles. The van der Waals surface area contributed by atoms with Crippen LogP contribution < -0.4 is 9.47 Å². The summed E-state index contributed by atoms with van der Waals surface area (Å²) >= 11 is 0. The number of hydrogen-bond acceptors (Lipinski definition) is 4. The number of carboxylic acids is 1. The Bertz CT molecular complexity index is 400. The van der Waals surface area contributed by atoms with Gasteiger partial charge in [0.1, 0.15) is 0 Å². The van der Waals surface area contributed by atoms with E-state index in [0.717, 1.165) is 0 Å². The van der Waals surface area contributed by atoms with E-state index in [1.165, 1.54) is 33.3 Å². The fourth-order valence-electron chi connectivity index (χ4n) is 1.36. The van der Waals surface area contributed by atoms with Gasteiger partial charge in [0, 0.05) is 0 Å². The topological polar surface area (TPSA) is 76.0 Å². The van der Waals surface area contributed by atoms with Crippen molar-refractivity contribution in [3.63, 3.8) is 0 Å². The molecule has 0 spiro atoms. The zero-order valence-corrected chi connectivity index (χ0v) is 9.35. The Kier molecular flexibility index (Phi) is 3.60. The van der Waals surface area contributed by atoms with Crippen LogP contribution >= 0.6 is 0 Å². The Labute approximate surface area is 93.2 Å². The van der Waals surface area contributed by atoms with Crippen molar-refractivity contribution in [1.82, 2.24) is 0 Å². The van der Waals surface area contributed by atoms with Crippen molar-refractivity contribution < 1.29 is 24.5 Å². The first-order valence-electron chi connectivity index (χ1n) is 4.69. The number of carbonyl (C=O) groups is 1. The zero-order valence-electron chi connectivity index (χ0n) is 9.35. The molecule has 1 atom stereocenters. The van der Waals surface area contributed by atoms with Crippen LogP contribution in [0.5, 0.6) is 17.2 Å². The number of phenols is 1. The quantitative estimate of drug-likeness (QED) is 0.815. The van der Waals surface area contributed by atoms with Crippen LogP contribution in [-0.2, 0) is 4.79 Å². The predicted octanol–water partition coefficient (Wildman–Crippen LogP) is 1.60. The number of carboxylic acid groups (broad SMARTS) is 1. The van der Waals surface area contributed by atoms with E-state index in [1.54, 1.807) is 0 Å². The molecular weight excluding hydrogens is 212 g/mol. The highest BCUT2D eigenvalue weighted by Crippen LogP contribution is 2.39. The van der Waals surface area contributed by atoms with Crippen molar-refractivity contribution in [3.8, 4) is 17.2 Å². The highest BCUT2D eigenvalue weighted by molar-refractivity contribution is 5.76. The van der Waals surface area contributed by atoms with Crippen LogP contribution in [0.1, 0.15) is 18.4 Å². The summed E-state index contributed by atoms with van der Waals surface area (Å²) in [5.41, 5.74) is 0.461. The largest absolute Gasteiger partial charge is 0.504 e. The van der Waals surface area contributed by atoms with Gasteiger partial charge in [-0.3, -0.25) is 4.79 Å². The normalized spacial score (nSPS) is 11.9. The third-order valence-corrected chi connectivity index (χ3v) is 2.35. The summed E-state index contributed by atoms with van der Waals surface area (Å²) in [4.78, 5) is 10.8. The van der Waals surface area contributed by atoms with Crippen molar-refractivity contribution >= 4 is 5.97 Å². The van der Waals surface area contributed by atoms with Crippen LogP contribution in [0.15, 0.2) is 12.1 Å². The summed E-state index contributed by atoms with van der Waals surface area (Å²) < 4.78 is 9.95. The van der Waals surface area contributed by atoms with Crippen LogP contribution in [0.3, 0.4) is 0 Å². The Balaban J connectivity index is 3.25. The minimum absolute atomic E-state index is 0.134. The molecule has 0 heterocycles. The molecular formula is C11H14O5. The van der Waals surface area contributed by atoms with Crippen LogP contribution in [0.25, 0.3) is 0 Å². The summed E-state index contributed by atoms with van der Waals surface area (Å²) in [6.45, 7) is 1.53. The smallest absolute Gasteiger partial charge is 0.310 e. The maximum atomic E-state index is 10.8. The second kappa shape index (κ2) is 4.74. The molecule has 0 aliphatic carbocycles. The van der Waals surface area contributed by atoms with E-state index < -0.39 is 11.9 Å². The van der Waals surface area contributed by atoms with Gasteiger partial charge in [0.05, 0.1) is 20.1 Å². The fraction of sp³-hybridized carbons (Fsp3) is 0.364. The third-order valence-electron chi connectivity index (χ3n) is 2.35. The monoisotopic (exact) mass is 226 g/mol. The average molecular weight is 226 g/mol. The molecule has 5 heteroatoms. The van der Waals surface area contributed by atoms with Crippen LogP contribution in [0.4, 0.5) is 0 Å². The van der Waals surface area contributed by atoms with Crippen LogP contribution in [-0.4, -0.2) is 30.4 Å². The van der Waals surface area contributed by atoms with Gasteiger partial charge in [0.25, 0.3) is 0 Å². The molecule has 0 radical (unpaired) electrons. The first-order valence-corrected chi connectivity index (χ1v) is 4.69. The summed E-state index contributed by atoms with van der Waals surface area (Å²) in [7, 11) is 2.82. The lowest BCUT2D eigenvalue weighted by molar-refractivity contribution is -0.138. The number of aliphatic carboxylic acids is 1. The molecule has 0 fully saturated rings. The third kappa shape index (κ3) is 2.18. The van der Waals surface area contributed by atoms with E-state index >= 15 is 0 Å². The Morgan fingerprint density at radius 2 is 1.94 bits per heavy atom. The SMILES string of the molecule is COc1cc(C(C)C(=O)O)cc(O)c1OC. The fourth-order valence-corrected chi connectivity index (χ4v) is 1.36. The molecule has 0 saturated carbocycles. The van der Waals surface area contributed by atoms with E-state index in [0.29, 0.717) is 11.3 Å². The minimum atomic E-state index is -0.966. The molecule has 16 heavy (non-hydrogen) atoms. The maximum Gasteiger partial charge on any atom is 0.310 e. The maximum absolute atomic E-state index is 10.8. The highest BCUT2D eigenvalue weighted by atomic mass is 16.5. The lowest BCUT2D eigenvalue weighted by Gasteiger charge is -2.13. The summed E-state index contributed by atoms with van der Waals surface area (Å²) in [5.74, 6) is -1.31. The molecule has 0 aliphatic rings. The first-order chi connectivity index (χ1) is 7.51. The first kappa shape index (κ1) is 12.2. The average Bonchev–Trinajstić information content (AvgIpc) is 2.26. The molecule has 1 aromatic rings. The number of methoxy groups -OCH3 is 2. The Hall–Kier alpha value is -1.91. The summed E-state index contributed by atoms with van der Waals surface area (Å²) in [6, 6.07) is 2.90. The lowest BCUT2D eigenvalue weighted by Crippen LogP contribution is -2.07. The van der Waals surface area contributed by atoms with Crippen LogP contribution in [0, 0.1) is 0 Å². The van der Waals surface area contributed by atoms with Gasteiger partial charge in [-0.05, 0) is 24.6 Å². The number of hydrogen-bond donors (Lipinski definition) is 2. The number of ether oxygens (including phenoxy) is 2. The zero-order chi connectivity index (χ0) is 12.3. The van der Waals surface area contributed by atoms with Gasteiger partial charge >= 0.3 is 5.97 Å². The van der Waals surface area contributed by atoms with Crippen molar-refractivity contribution in [2.45, 2.75) is 12.8 Å². The van der Waals surface area contributed by atoms with E-state index in [-0.39, 0.29) is 11.5 Å². The van der Waals surface area contributed by atoms with Gasteiger partial charge in [-0.2, -0.15) is 0 Å². The second-order valence-corrected chi connectivity index (χ2v) is 3.34. The lowest BCUT2D eigenvalue weighted by atomic mass is 10.0. The van der Waals surface area contributed by atoms with Gasteiger partial charge in [0.15, 0.2) is 11.5 Å². The number of rotatable bonds is 4. The predicted molar refractivity (Wildman–Crippen MR) is 57.3 cm³/mol. The molecule has 0 aromatic heterocycles. The molecule has 88 valence electrons. The molecule has 0 amide bonds. The number of phenolic OH excluding ortho intramolecular Hbond substituents is 1. The summed E-state index contributed by atoms with van der Waals surface area (Å²) in [5, 5.41) is 18.5. The van der Waals surface area contributed by atoms with Gasteiger partial charge in [-0.15, -0.1) is 0 Å². The van der Waals surface area contributed by atoms with Crippen molar-refractivity contribution in [3.05, 3.63) is 17.7 Å². The molecule has 0 saturated heterocycles. The number of aromatic hydroxyl groups is 1. The molecule has 2 N–H and O–H groups in total.